The summed E-state index contributed by atoms with van der Waals surface area (Å²) in [6.45, 7) is 5.23. The molecule has 4 rings (SSSR count). The van der Waals surface area contributed by atoms with E-state index < -0.39 is 11.7 Å². The third-order valence-corrected chi connectivity index (χ3v) is 5.93. The molecule has 2 aliphatic rings. The second-order valence-corrected chi connectivity index (χ2v) is 8.07. The highest BCUT2D eigenvalue weighted by Crippen LogP contribution is 2.33. The van der Waals surface area contributed by atoms with Gasteiger partial charge in [0.15, 0.2) is 0 Å². The van der Waals surface area contributed by atoms with Gasteiger partial charge in [-0.1, -0.05) is 6.58 Å². The summed E-state index contributed by atoms with van der Waals surface area (Å²) in [4.78, 5) is 36.8. The van der Waals surface area contributed by atoms with E-state index >= 15 is 0 Å². The Morgan fingerprint density at radius 2 is 1.88 bits per heavy atom. The fourth-order valence-corrected chi connectivity index (χ4v) is 4.19. The summed E-state index contributed by atoms with van der Waals surface area (Å²) in [6, 6.07) is 4.40. The van der Waals surface area contributed by atoms with Crippen LogP contribution in [0.2, 0.25) is 0 Å². The molecule has 7 nitrogen and oxygen atoms in total. The van der Waals surface area contributed by atoms with Crippen LogP contribution in [0.4, 0.5) is 13.2 Å². The van der Waals surface area contributed by atoms with Crippen LogP contribution < -0.4 is 4.74 Å². The molecule has 10 heteroatoms. The molecule has 2 amide bonds. The van der Waals surface area contributed by atoms with Crippen molar-refractivity contribution in [1.29, 1.82) is 0 Å². The van der Waals surface area contributed by atoms with Crippen LogP contribution >= 0.6 is 0 Å². The first-order valence-electron chi connectivity index (χ1n) is 10.6. The van der Waals surface area contributed by atoms with E-state index in [1.54, 1.807) is 9.80 Å². The molecule has 1 fully saturated rings. The van der Waals surface area contributed by atoms with Gasteiger partial charge in [-0.2, -0.15) is 13.2 Å². The van der Waals surface area contributed by atoms with Crippen molar-refractivity contribution in [3.05, 3.63) is 60.1 Å². The largest absolute Gasteiger partial charge is 0.439 e. The smallest absolute Gasteiger partial charge is 0.416 e. The molecule has 1 unspecified atom stereocenters. The van der Waals surface area contributed by atoms with Crippen LogP contribution in [0, 0.1) is 5.92 Å². The van der Waals surface area contributed by atoms with Crippen LogP contribution in [-0.4, -0.2) is 51.2 Å². The van der Waals surface area contributed by atoms with Crippen molar-refractivity contribution in [3.63, 3.8) is 0 Å². The number of carbonyl (C=O) groups is 2. The third kappa shape index (κ3) is 4.99. The Balaban J connectivity index is 1.45. The lowest BCUT2D eigenvalue weighted by Gasteiger charge is -2.36. The van der Waals surface area contributed by atoms with Gasteiger partial charge < -0.3 is 14.5 Å². The van der Waals surface area contributed by atoms with E-state index in [-0.39, 0.29) is 35.9 Å². The Morgan fingerprint density at radius 1 is 1.12 bits per heavy atom. The van der Waals surface area contributed by atoms with E-state index in [1.165, 1.54) is 24.5 Å². The summed E-state index contributed by atoms with van der Waals surface area (Å²) in [5.41, 5.74) is 0.611. The quantitative estimate of drug-likeness (QED) is 0.652. The van der Waals surface area contributed by atoms with Crippen molar-refractivity contribution < 1.29 is 27.5 Å². The van der Waals surface area contributed by atoms with Crippen LogP contribution in [0.3, 0.4) is 0 Å². The fourth-order valence-electron chi connectivity index (χ4n) is 4.19. The minimum absolute atomic E-state index is 0.0222. The van der Waals surface area contributed by atoms with E-state index in [2.05, 4.69) is 16.5 Å². The highest BCUT2D eigenvalue weighted by Gasteiger charge is 2.33. The van der Waals surface area contributed by atoms with Gasteiger partial charge in [-0.15, -0.1) is 0 Å². The number of piperidine rings is 1. The second kappa shape index (κ2) is 9.21. The van der Waals surface area contributed by atoms with Crippen molar-refractivity contribution in [2.24, 2.45) is 5.92 Å². The number of alkyl halides is 3. The number of hydrogen-bond donors (Lipinski definition) is 0. The predicted molar refractivity (Wildman–Crippen MR) is 112 cm³/mol. The number of nitrogens with zero attached hydrogens (tertiary/aromatic N) is 4. The molecule has 3 heterocycles. The molecule has 2 aromatic rings. The van der Waals surface area contributed by atoms with Gasteiger partial charge in [0.2, 0.25) is 17.7 Å². The minimum Gasteiger partial charge on any atom is -0.439 e. The Hall–Kier alpha value is -3.43. The van der Waals surface area contributed by atoms with Crippen molar-refractivity contribution >= 4 is 11.8 Å². The number of fused-ring (bicyclic) bond motifs is 1. The zero-order valence-electron chi connectivity index (χ0n) is 17.8. The zero-order chi connectivity index (χ0) is 23.6. The summed E-state index contributed by atoms with van der Waals surface area (Å²) in [5.74, 6) is 0.0399. The van der Waals surface area contributed by atoms with Gasteiger partial charge in [0.1, 0.15) is 12.1 Å². The number of aromatic nitrogens is 2. The summed E-state index contributed by atoms with van der Waals surface area (Å²) in [7, 11) is 0. The lowest BCUT2D eigenvalue weighted by molar-refractivity contribution is -0.140. The molecule has 0 bridgehead atoms. The van der Waals surface area contributed by atoms with Crippen molar-refractivity contribution in [1.82, 2.24) is 19.8 Å². The molecule has 2 aliphatic heterocycles. The molecule has 0 N–H and O–H groups in total. The van der Waals surface area contributed by atoms with Crippen LogP contribution in [-0.2, 0) is 28.7 Å². The molecule has 1 aromatic heterocycles. The SMILES string of the molecule is C=CC(=O)N1CCCC(C(=O)N2CCc3c(ncnc3Oc3ccc(C(F)(F)F)cc3)C2)C1. The average molecular weight is 460 g/mol. The van der Waals surface area contributed by atoms with Crippen molar-refractivity contribution in [2.75, 3.05) is 19.6 Å². The summed E-state index contributed by atoms with van der Waals surface area (Å²) in [5, 5.41) is 0. The fraction of sp³-hybridized carbons (Fsp3) is 0.391. The van der Waals surface area contributed by atoms with Gasteiger partial charge in [0, 0.05) is 25.2 Å². The van der Waals surface area contributed by atoms with Crippen molar-refractivity contribution in [3.8, 4) is 11.6 Å². The number of carbonyl (C=O) groups excluding carboxylic acids is 2. The predicted octanol–water partition coefficient (Wildman–Crippen LogP) is 3.60. The Labute approximate surface area is 188 Å². The number of likely N-dealkylation sites (tertiary alicyclic amines) is 1. The van der Waals surface area contributed by atoms with Gasteiger partial charge in [-0.05, 0) is 49.6 Å². The molecule has 1 aromatic carbocycles. The lowest BCUT2D eigenvalue weighted by Crippen LogP contribution is -2.47. The molecule has 0 aliphatic carbocycles. The van der Waals surface area contributed by atoms with Gasteiger partial charge in [-0.3, -0.25) is 9.59 Å². The normalized spacial score (nSPS) is 18.5. The molecule has 1 atom stereocenters. The van der Waals surface area contributed by atoms with E-state index in [0.717, 1.165) is 30.5 Å². The monoisotopic (exact) mass is 460 g/mol. The Bertz CT molecular complexity index is 1060. The Kier molecular flexibility index (Phi) is 6.35. The minimum atomic E-state index is -4.42. The van der Waals surface area contributed by atoms with E-state index in [9.17, 15) is 22.8 Å². The number of amides is 2. The topological polar surface area (TPSA) is 75.6 Å². The summed E-state index contributed by atoms with van der Waals surface area (Å²) >= 11 is 0. The Morgan fingerprint density at radius 3 is 2.58 bits per heavy atom. The third-order valence-electron chi connectivity index (χ3n) is 5.93. The first kappa shape index (κ1) is 22.8. The van der Waals surface area contributed by atoms with Crippen LogP contribution in [0.1, 0.15) is 29.7 Å². The van der Waals surface area contributed by atoms with Crippen LogP contribution in [0.25, 0.3) is 0 Å². The number of benzene rings is 1. The maximum absolute atomic E-state index is 13.1. The highest BCUT2D eigenvalue weighted by molar-refractivity contribution is 5.88. The first-order valence-corrected chi connectivity index (χ1v) is 10.6. The van der Waals surface area contributed by atoms with E-state index in [1.807, 2.05) is 0 Å². The highest BCUT2D eigenvalue weighted by atomic mass is 19.4. The number of ether oxygens (including phenoxy) is 1. The summed E-state index contributed by atoms with van der Waals surface area (Å²) in [6.07, 6.45) is 0.0934. The molecule has 0 radical (unpaired) electrons. The van der Waals surface area contributed by atoms with E-state index in [0.29, 0.717) is 31.7 Å². The number of hydrogen-bond acceptors (Lipinski definition) is 5. The molecule has 0 saturated carbocycles. The van der Waals surface area contributed by atoms with Gasteiger partial charge in [-0.25, -0.2) is 9.97 Å². The maximum Gasteiger partial charge on any atom is 0.416 e. The molecular formula is C23H23F3N4O3. The molecule has 33 heavy (non-hydrogen) atoms. The van der Waals surface area contributed by atoms with Crippen LogP contribution in [0.15, 0.2) is 43.2 Å². The number of rotatable bonds is 4. The van der Waals surface area contributed by atoms with E-state index in [4.69, 9.17) is 4.74 Å². The van der Waals surface area contributed by atoms with Gasteiger partial charge in [0.25, 0.3) is 0 Å². The molecule has 0 spiro atoms. The number of halogens is 3. The summed E-state index contributed by atoms with van der Waals surface area (Å²) < 4.78 is 44.0. The molecular weight excluding hydrogens is 437 g/mol. The maximum atomic E-state index is 13.1. The standard InChI is InChI=1S/C23H23F3N4O3/c1-2-20(31)29-10-3-4-15(12-29)22(32)30-11-9-18-19(13-30)27-14-28-21(18)33-17-7-5-16(6-8-17)23(24,25)26/h2,5-8,14-15H,1,3-4,9-13H2. The first-order chi connectivity index (χ1) is 15.8. The van der Waals surface area contributed by atoms with Gasteiger partial charge >= 0.3 is 6.18 Å². The second-order valence-electron chi connectivity index (χ2n) is 8.07. The molecule has 1 saturated heterocycles. The lowest BCUT2D eigenvalue weighted by atomic mass is 9.95. The average Bonchev–Trinajstić information content (AvgIpc) is 2.82. The molecule has 174 valence electrons. The van der Waals surface area contributed by atoms with Crippen LogP contribution in [0.5, 0.6) is 11.6 Å². The van der Waals surface area contributed by atoms with Gasteiger partial charge in [0.05, 0.1) is 23.7 Å². The zero-order valence-corrected chi connectivity index (χ0v) is 17.8. The van der Waals surface area contributed by atoms with Crippen molar-refractivity contribution in [2.45, 2.75) is 32.0 Å².